The van der Waals surface area contributed by atoms with Gasteiger partial charge in [-0.2, -0.15) is 5.26 Å². The largest absolute Gasteiger partial charge is 0.312 e. The molecule has 0 aliphatic rings. The topological polar surface area (TPSA) is 65.8 Å². The van der Waals surface area contributed by atoms with Gasteiger partial charge in [-0.3, -0.25) is 4.79 Å². The Hall–Kier alpha value is -3.24. The number of nitrogens with one attached hydrogen (secondary N) is 1. The molecule has 0 radical (unpaired) electrons. The van der Waals surface area contributed by atoms with Crippen molar-refractivity contribution in [2.45, 2.75) is 12.8 Å². The maximum Gasteiger partial charge on any atom is 0.256 e. The molecule has 0 aliphatic carbocycles. The number of halogens is 1. The van der Waals surface area contributed by atoms with Gasteiger partial charge in [-0.05, 0) is 41.3 Å². The van der Waals surface area contributed by atoms with Gasteiger partial charge in [-0.15, -0.1) is 11.3 Å². The number of nitrogens with zero attached hydrogens (tertiary/aromatic N) is 2. The molecular weight excluding hydrogens is 458 g/mol. The second-order valence-corrected chi connectivity index (χ2v) is 9.41. The van der Waals surface area contributed by atoms with E-state index in [1.807, 2.05) is 60.8 Å². The molecule has 0 saturated carbocycles. The SMILES string of the molecule is CC(/C=C(\C#N)c1nc(-c2cccs2)c(NC(=O)c2ccc(Cl)cc2)s1)c1ccccc1. The average molecular weight is 476 g/mol. The van der Waals surface area contributed by atoms with Crippen LogP contribution in [0.15, 0.2) is 78.2 Å². The Kier molecular flexibility index (Phi) is 6.81. The van der Waals surface area contributed by atoms with Crippen molar-refractivity contribution in [3.05, 3.63) is 99.3 Å². The molecule has 4 aromatic rings. The third kappa shape index (κ3) is 4.97. The molecule has 0 fully saturated rings. The van der Waals surface area contributed by atoms with Crippen LogP contribution in [0.25, 0.3) is 16.1 Å². The first-order chi connectivity index (χ1) is 15.5. The molecule has 4 nitrogen and oxygen atoms in total. The molecule has 158 valence electrons. The molecule has 1 amide bonds. The smallest absolute Gasteiger partial charge is 0.256 e. The summed E-state index contributed by atoms with van der Waals surface area (Å²) in [6.45, 7) is 2.05. The number of carbonyl (C=O) groups is 1. The Bertz CT molecular complexity index is 1290. The summed E-state index contributed by atoms with van der Waals surface area (Å²) in [5, 5.41) is 16.5. The van der Waals surface area contributed by atoms with Crippen LogP contribution in [0, 0.1) is 11.3 Å². The zero-order chi connectivity index (χ0) is 22.5. The van der Waals surface area contributed by atoms with E-state index in [1.165, 1.54) is 22.7 Å². The molecule has 1 N–H and O–H groups in total. The number of aromatic nitrogens is 1. The number of benzene rings is 2. The molecule has 0 bridgehead atoms. The van der Waals surface area contributed by atoms with Crippen LogP contribution < -0.4 is 5.32 Å². The second-order valence-electron chi connectivity index (χ2n) is 7.03. The zero-order valence-corrected chi connectivity index (χ0v) is 19.5. The monoisotopic (exact) mass is 475 g/mol. The van der Waals surface area contributed by atoms with Crippen LogP contribution in [-0.2, 0) is 0 Å². The van der Waals surface area contributed by atoms with Crippen molar-refractivity contribution in [3.8, 4) is 16.6 Å². The molecule has 0 spiro atoms. The lowest BCUT2D eigenvalue weighted by Crippen LogP contribution is -2.11. The Morgan fingerprint density at radius 3 is 2.53 bits per heavy atom. The van der Waals surface area contributed by atoms with Gasteiger partial charge in [0.1, 0.15) is 21.8 Å². The van der Waals surface area contributed by atoms with E-state index < -0.39 is 0 Å². The number of thiophene rings is 1. The summed E-state index contributed by atoms with van der Waals surface area (Å²) in [6.07, 6.45) is 1.91. The second kappa shape index (κ2) is 9.92. The number of carbonyl (C=O) groups excluding carboxylic acids is 1. The van der Waals surface area contributed by atoms with Crippen molar-refractivity contribution in [2.24, 2.45) is 0 Å². The highest BCUT2D eigenvalue weighted by molar-refractivity contribution is 7.18. The van der Waals surface area contributed by atoms with Gasteiger partial charge in [0.25, 0.3) is 5.91 Å². The predicted molar refractivity (Wildman–Crippen MR) is 133 cm³/mol. The van der Waals surface area contributed by atoms with E-state index in [4.69, 9.17) is 16.6 Å². The number of allylic oxidation sites excluding steroid dienone is 2. The molecule has 1 unspecified atom stereocenters. The van der Waals surface area contributed by atoms with E-state index >= 15 is 0 Å². The minimum Gasteiger partial charge on any atom is -0.312 e. The molecule has 2 aromatic carbocycles. The number of hydrogen-bond acceptors (Lipinski definition) is 5. The fraction of sp³-hybridized carbons (Fsp3) is 0.0800. The van der Waals surface area contributed by atoms with Crippen molar-refractivity contribution in [1.29, 1.82) is 5.26 Å². The van der Waals surface area contributed by atoms with Crippen molar-refractivity contribution in [1.82, 2.24) is 4.98 Å². The predicted octanol–water partition coefficient (Wildman–Crippen LogP) is 7.49. The van der Waals surface area contributed by atoms with Crippen molar-refractivity contribution in [3.63, 3.8) is 0 Å². The maximum atomic E-state index is 12.8. The van der Waals surface area contributed by atoms with Crippen LogP contribution >= 0.6 is 34.3 Å². The van der Waals surface area contributed by atoms with Crippen molar-refractivity contribution < 1.29 is 4.79 Å². The van der Waals surface area contributed by atoms with Gasteiger partial charge >= 0.3 is 0 Å². The summed E-state index contributed by atoms with van der Waals surface area (Å²) in [5.74, 6) is -0.207. The molecular formula is C25H18ClN3OS2. The summed E-state index contributed by atoms with van der Waals surface area (Å²) in [5.41, 5.74) is 2.76. The van der Waals surface area contributed by atoms with E-state index in [0.29, 0.717) is 31.9 Å². The molecule has 2 aromatic heterocycles. The van der Waals surface area contributed by atoms with Gasteiger partial charge in [0, 0.05) is 16.5 Å². The van der Waals surface area contributed by atoms with E-state index in [9.17, 15) is 10.1 Å². The number of rotatable bonds is 6. The normalized spacial score (nSPS) is 12.2. The summed E-state index contributed by atoms with van der Waals surface area (Å²) < 4.78 is 0. The standard InChI is InChI=1S/C25H18ClN3OS2/c1-16(17-6-3-2-4-7-17)14-19(15-27)24-28-22(21-8-5-13-31-21)25(32-24)29-23(30)18-9-11-20(26)12-10-18/h2-14,16H,1H3,(H,29,30)/b19-14+. The Labute approximate surface area is 199 Å². The van der Waals surface area contributed by atoms with Crippen LogP contribution in [0.2, 0.25) is 5.02 Å². The van der Waals surface area contributed by atoms with Crippen LogP contribution in [-0.4, -0.2) is 10.9 Å². The Morgan fingerprint density at radius 1 is 1.12 bits per heavy atom. The number of hydrogen-bond donors (Lipinski definition) is 1. The Balaban J connectivity index is 1.69. The van der Waals surface area contributed by atoms with E-state index in [1.54, 1.807) is 24.3 Å². The lowest BCUT2D eigenvalue weighted by atomic mass is 9.99. The van der Waals surface area contributed by atoms with Crippen molar-refractivity contribution in [2.75, 3.05) is 5.32 Å². The first-order valence-corrected chi connectivity index (χ1v) is 11.9. The fourth-order valence-electron chi connectivity index (χ4n) is 3.14. The highest BCUT2D eigenvalue weighted by Crippen LogP contribution is 2.39. The zero-order valence-electron chi connectivity index (χ0n) is 17.1. The molecule has 2 heterocycles. The average Bonchev–Trinajstić information content (AvgIpc) is 3.48. The summed E-state index contributed by atoms with van der Waals surface area (Å²) >= 11 is 8.77. The molecule has 32 heavy (non-hydrogen) atoms. The van der Waals surface area contributed by atoms with Crippen LogP contribution in [0.3, 0.4) is 0 Å². The van der Waals surface area contributed by atoms with Gasteiger partial charge in [-0.1, -0.05) is 72.3 Å². The number of anilines is 1. The van der Waals surface area contributed by atoms with Gasteiger partial charge in [-0.25, -0.2) is 4.98 Å². The van der Waals surface area contributed by atoms with Gasteiger partial charge in [0.2, 0.25) is 0 Å². The van der Waals surface area contributed by atoms with E-state index in [2.05, 4.69) is 11.4 Å². The van der Waals surface area contributed by atoms with E-state index in [0.717, 1.165) is 10.4 Å². The maximum absolute atomic E-state index is 12.8. The Morgan fingerprint density at radius 2 is 1.88 bits per heavy atom. The molecule has 7 heteroatoms. The first kappa shape index (κ1) is 22.0. The number of amides is 1. The molecule has 1 atom stereocenters. The molecule has 0 aliphatic heterocycles. The number of thiazole rings is 1. The first-order valence-electron chi connectivity index (χ1n) is 9.84. The van der Waals surface area contributed by atoms with Gasteiger partial charge in [0.15, 0.2) is 0 Å². The summed E-state index contributed by atoms with van der Waals surface area (Å²) in [6, 6.07) is 22.9. The van der Waals surface area contributed by atoms with E-state index in [-0.39, 0.29) is 11.8 Å². The third-order valence-electron chi connectivity index (χ3n) is 4.81. The van der Waals surface area contributed by atoms with Gasteiger partial charge < -0.3 is 5.32 Å². The lowest BCUT2D eigenvalue weighted by molar-refractivity contribution is 0.102. The third-order valence-corrected chi connectivity index (χ3v) is 6.94. The minimum atomic E-state index is -0.255. The lowest BCUT2D eigenvalue weighted by Gasteiger charge is -2.06. The minimum absolute atomic E-state index is 0.0482. The van der Waals surface area contributed by atoms with Gasteiger partial charge in [0.05, 0.1) is 10.5 Å². The quantitative estimate of drug-likeness (QED) is 0.294. The van der Waals surface area contributed by atoms with Crippen LogP contribution in [0.4, 0.5) is 5.00 Å². The van der Waals surface area contributed by atoms with Crippen LogP contribution in [0.1, 0.15) is 33.8 Å². The highest BCUT2D eigenvalue weighted by Gasteiger charge is 2.20. The summed E-state index contributed by atoms with van der Waals surface area (Å²) in [7, 11) is 0. The molecule has 4 rings (SSSR count). The fourth-order valence-corrected chi connectivity index (χ4v) is 5.00. The van der Waals surface area contributed by atoms with Crippen LogP contribution in [0.5, 0.6) is 0 Å². The van der Waals surface area contributed by atoms with Crippen molar-refractivity contribution >= 4 is 50.8 Å². The number of nitriles is 1. The molecule has 0 saturated heterocycles. The highest BCUT2D eigenvalue weighted by atomic mass is 35.5. The summed E-state index contributed by atoms with van der Waals surface area (Å²) in [4.78, 5) is 18.5.